The van der Waals surface area contributed by atoms with Gasteiger partial charge < -0.3 is 15.3 Å². The number of likely N-dealkylation sites (tertiary alicyclic amines) is 1. The Morgan fingerprint density at radius 3 is 2.89 bits per heavy atom. The zero-order chi connectivity index (χ0) is 19.6. The van der Waals surface area contributed by atoms with Gasteiger partial charge in [0.1, 0.15) is 0 Å². The van der Waals surface area contributed by atoms with E-state index in [1.165, 1.54) is 0 Å². The van der Waals surface area contributed by atoms with Gasteiger partial charge in [-0.05, 0) is 44.7 Å². The van der Waals surface area contributed by atoms with Crippen molar-refractivity contribution < 1.29 is 9.90 Å². The van der Waals surface area contributed by atoms with E-state index < -0.39 is 5.60 Å². The van der Waals surface area contributed by atoms with Crippen molar-refractivity contribution in [3.63, 3.8) is 0 Å². The number of hydrogen-bond acceptors (Lipinski definition) is 6. The van der Waals surface area contributed by atoms with Gasteiger partial charge in [-0.1, -0.05) is 19.3 Å². The van der Waals surface area contributed by atoms with Crippen LogP contribution in [0.25, 0.3) is 0 Å². The summed E-state index contributed by atoms with van der Waals surface area (Å²) in [5.41, 5.74) is 1.96. The number of carbonyl (C=O) groups excluding carboxylic acids is 1. The van der Waals surface area contributed by atoms with Gasteiger partial charge in [-0.3, -0.25) is 9.78 Å². The lowest BCUT2D eigenvalue weighted by Gasteiger charge is -2.34. The number of rotatable bonds is 5. The third-order valence-corrected chi connectivity index (χ3v) is 6.52. The van der Waals surface area contributed by atoms with Crippen LogP contribution in [0, 0.1) is 6.92 Å². The van der Waals surface area contributed by atoms with Crippen LogP contribution in [0.5, 0.6) is 0 Å². The number of carbonyl (C=O) groups is 1. The number of pyridine rings is 1. The molecular formula is C21H28N4O2S. The van der Waals surface area contributed by atoms with E-state index in [0.29, 0.717) is 0 Å². The molecule has 1 saturated heterocycles. The molecule has 2 aliphatic rings. The van der Waals surface area contributed by atoms with Crippen molar-refractivity contribution in [3.8, 4) is 0 Å². The summed E-state index contributed by atoms with van der Waals surface area (Å²) >= 11 is 1.55. The van der Waals surface area contributed by atoms with E-state index in [1.54, 1.807) is 17.5 Å². The quantitative estimate of drug-likeness (QED) is 0.781. The molecule has 1 amide bonds. The van der Waals surface area contributed by atoms with Crippen LogP contribution in [0.2, 0.25) is 0 Å². The molecule has 4 rings (SSSR count). The Kier molecular flexibility index (Phi) is 5.64. The maximum atomic E-state index is 13.0. The van der Waals surface area contributed by atoms with E-state index in [1.807, 2.05) is 29.3 Å². The number of aliphatic hydroxyl groups is 1. The first-order valence-corrected chi connectivity index (χ1v) is 11.1. The molecule has 6 nitrogen and oxygen atoms in total. The fourth-order valence-corrected chi connectivity index (χ4v) is 5.04. The fraction of sp³-hybridized carbons (Fsp3) is 0.571. The molecule has 1 saturated carbocycles. The van der Waals surface area contributed by atoms with Crippen molar-refractivity contribution in [1.82, 2.24) is 14.9 Å². The summed E-state index contributed by atoms with van der Waals surface area (Å²) < 4.78 is 0. The van der Waals surface area contributed by atoms with Crippen LogP contribution in [0.15, 0.2) is 23.7 Å². The predicted octanol–water partition coefficient (Wildman–Crippen LogP) is 4.34. The highest BCUT2D eigenvalue weighted by atomic mass is 32.1. The van der Waals surface area contributed by atoms with E-state index in [4.69, 9.17) is 4.98 Å². The van der Waals surface area contributed by atoms with Crippen molar-refractivity contribution in [1.29, 1.82) is 0 Å². The second-order valence-electron chi connectivity index (χ2n) is 8.09. The van der Waals surface area contributed by atoms with Crippen LogP contribution >= 0.6 is 11.3 Å². The standard InChI is InChI=1S/C21H28N4O2S/c1-15-12-16(24-20-22-9-11-28-20)13-17(23-15)18-6-5-10-25(18)19(26)14-21(27)7-3-2-4-8-21/h9,11-13,18,27H,2-8,10,14H2,1H3,(H,22,23,24)/t18-/m0/s1. The Bertz CT molecular complexity index is 818. The molecular weight excluding hydrogens is 372 g/mol. The Hall–Kier alpha value is -1.99. The molecule has 3 heterocycles. The van der Waals surface area contributed by atoms with Gasteiger partial charge in [-0.15, -0.1) is 11.3 Å². The summed E-state index contributed by atoms with van der Waals surface area (Å²) in [6, 6.07) is 4.01. The van der Waals surface area contributed by atoms with E-state index in [2.05, 4.69) is 10.3 Å². The van der Waals surface area contributed by atoms with Gasteiger partial charge in [0.05, 0.1) is 23.8 Å². The number of nitrogens with one attached hydrogen (secondary N) is 1. The number of thiazole rings is 1. The molecule has 0 unspecified atom stereocenters. The van der Waals surface area contributed by atoms with Gasteiger partial charge in [0.25, 0.3) is 0 Å². The van der Waals surface area contributed by atoms with E-state index >= 15 is 0 Å². The van der Waals surface area contributed by atoms with Gasteiger partial charge in [0.2, 0.25) is 5.91 Å². The first-order valence-electron chi connectivity index (χ1n) is 10.2. The first-order chi connectivity index (χ1) is 13.5. The van der Waals surface area contributed by atoms with Crippen LogP contribution in [-0.4, -0.2) is 38.0 Å². The second-order valence-corrected chi connectivity index (χ2v) is 8.99. The third kappa shape index (κ3) is 4.36. The zero-order valence-electron chi connectivity index (χ0n) is 16.4. The lowest BCUT2D eigenvalue weighted by Crippen LogP contribution is -2.40. The molecule has 150 valence electrons. The molecule has 1 aliphatic heterocycles. The molecule has 0 radical (unpaired) electrons. The van der Waals surface area contributed by atoms with Crippen LogP contribution in [0.1, 0.15) is 68.8 Å². The maximum absolute atomic E-state index is 13.0. The molecule has 2 N–H and O–H groups in total. The summed E-state index contributed by atoms with van der Waals surface area (Å²) in [6.07, 6.45) is 8.55. The smallest absolute Gasteiger partial charge is 0.226 e. The number of nitrogens with zero attached hydrogens (tertiary/aromatic N) is 3. The van der Waals surface area contributed by atoms with Crippen molar-refractivity contribution >= 4 is 28.1 Å². The lowest BCUT2D eigenvalue weighted by atomic mass is 9.82. The van der Waals surface area contributed by atoms with Crippen LogP contribution in [-0.2, 0) is 4.79 Å². The van der Waals surface area contributed by atoms with Gasteiger partial charge >= 0.3 is 0 Å². The number of anilines is 2. The molecule has 2 aromatic heterocycles. The Balaban J connectivity index is 1.51. The van der Waals surface area contributed by atoms with E-state index in [-0.39, 0.29) is 18.4 Å². The Morgan fingerprint density at radius 1 is 1.32 bits per heavy atom. The summed E-state index contributed by atoms with van der Waals surface area (Å²) in [5.74, 6) is 0.0599. The Labute approximate surface area is 170 Å². The largest absolute Gasteiger partial charge is 0.389 e. The van der Waals surface area contributed by atoms with E-state index in [9.17, 15) is 9.90 Å². The average molecular weight is 401 g/mol. The SMILES string of the molecule is Cc1cc(Nc2nccs2)cc([C@@H]2CCCN2C(=O)CC2(O)CCCCC2)n1. The minimum absolute atomic E-state index is 0.0172. The molecule has 1 aliphatic carbocycles. The van der Waals surface area contributed by atoms with Gasteiger partial charge in [-0.25, -0.2) is 4.98 Å². The molecule has 1 atom stereocenters. The Morgan fingerprint density at radius 2 is 2.14 bits per heavy atom. The highest BCUT2D eigenvalue weighted by molar-refractivity contribution is 7.13. The van der Waals surface area contributed by atoms with Crippen molar-refractivity contribution in [2.24, 2.45) is 0 Å². The summed E-state index contributed by atoms with van der Waals surface area (Å²) in [5, 5.41) is 16.9. The topological polar surface area (TPSA) is 78.4 Å². The molecule has 7 heteroatoms. The number of hydrogen-bond donors (Lipinski definition) is 2. The second kappa shape index (κ2) is 8.17. The third-order valence-electron chi connectivity index (χ3n) is 5.84. The van der Waals surface area contributed by atoms with Gasteiger partial charge in [0.15, 0.2) is 5.13 Å². The van der Waals surface area contributed by atoms with Gasteiger partial charge in [-0.2, -0.15) is 0 Å². The molecule has 2 fully saturated rings. The van der Waals surface area contributed by atoms with Gasteiger partial charge in [0, 0.05) is 29.5 Å². The minimum atomic E-state index is -0.819. The van der Waals surface area contributed by atoms with Crippen LogP contribution in [0.4, 0.5) is 10.8 Å². The predicted molar refractivity (Wildman–Crippen MR) is 111 cm³/mol. The average Bonchev–Trinajstić information content (AvgIpc) is 3.33. The summed E-state index contributed by atoms with van der Waals surface area (Å²) in [7, 11) is 0. The molecule has 0 spiro atoms. The number of aryl methyl sites for hydroxylation is 1. The zero-order valence-corrected chi connectivity index (χ0v) is 17.2. The van der Waals surface area contributed by atoms with Crippen LogP contribution in [0.3, 0.4) is 0 Å². The monoisotopic (exact) mass is 400 g/mol. The summed E-state index contributed by atoms with van der Waals surface area (Å²) in [4.78, 5) is 24.0. The van der Waals surface area contributed by atoms with Crippen molar-refractivity contribution in [2.45, 2.75) is 69.9 Å². The molecule has 2 aromatic rings. The van der Waals surface area contributed by atoms with E-state index in [0.717, 1.165) is 73.7 Å². The molecule has 28 heavy (non-hydrogen) atoms. The highest BCUT2D eigenvalue weighted by Crippen LogP contribution is 2.36. The normalized spacial score (nSPS) is 21.6. The summed E-state index contributed by atoms with van der Waals surface area (Å²) in [6.45, 7) is 2.72. The maximum Gasteiger partial charge on any atom is 0.226 e. The first kappa shape index (κ1) is 19.3. The van der Waals surface area contributed by atoms with Crippen molar-refractivity contribution in [2.75, 3.05) is 11.9 Å². The minimum Gasteiger partial charge on any atom is -0.389 e. The van der Waals surface area contributed by atoms with Crippen molar-refractivity contribution in [3.05, 3.63) is 35.1 Å². The number of amides is 1. The number of aromatic nitrogens is 2. The van der Waals surface area contributed by atoms with Crippen LogP contribution < -0.4 is 5.32 Å². The highest BCUT2D eigenvalue weighted by Gasteiger charge is 2.37. The lowest BCUT2D eigenvalue weighted by molar-refractivity contribution is -0.138. The molecule has 0 aromatic carbocycles. The molecule has 0 bridgehead atoms. The fourth-order valence-electron chi connectivity index (χ4n) is 4.49.